The summed E-state index contributed by atoms with van der Waals surface area (Å²) in [6.45, 7) is 4.06. The van der Waals surface area contributed by atoms with E-state index in [0.29, 0.717) is 5.92 Å². The molecule has 2 aromatic carbocycles. The number of carbonyl (C=O) groups excluding carboxylic acids is 1. The summed E-state index contributed by atoms with van der Waals surface area (Å²) >= 11 is 0. The Labute approximate surface area is 173 Å². The Kier molecular flexibility index (Phi) is 6.60. The highest BCUT2D eigenvalue weighted by Crippen LogP contribution is 2.30. The normalized spacial score (nSPS) is 23.1. The Morgan fingerprint density at radius 1 is 1.00 bits per heavy atom. The van der Waals surface area contributed by atoms with E-state index in [1.54, 1.807) is 6.07 Å². The van der Waals surface area contributed by atoms with E-state index in [-0.39, 0.29) is 11.9 Å². The first kappa shape index (κ1) is 20.1. The lowest BCUT2D eigenvalue weighted by Crippen LogP contribution is -2.41. The first-order chi connectivity index (χ1) is 14.2. The SMILES string of the molecule is O=CC1CCCCN1c1ccccc1CCN1CCCC(c2cccc(F)c2)C1. The molecular formula is C25H31FN2O. The number of para-hydroxylation sites is 1. The predicted octanol–water partition coefficient (Wildman–Crippen LogP) is 4.81. The summed E-state index contributed by atoms with van der Waals surface area (Å²) in [5, 5.41) is 0. The molecule has 2 saturated heterocycles. The molecule has 0 radical (unpaired) electrons. The van der Waals surface area contributed by atoms with Crippen molar-refractivity contribution in [2.45, 2.75) is 50.5 Å². The second-order valence-electron chi connectivity index (χ2n) is 8.47. The van der Waals surface area contributed by atoms with Crippen molar-refractivity contribution in [1.29, 1.82) is 0 Å². The number of benzene rings is 2. The molecule has 2 fully saturated rings. The zero-order chi connectivity index (χ0) is 20.1. The second-order valence-corrected chi connectivity index (χ2v) is 8.47. The molecule has 4 heteroatoms. The van der Waals surface area contributed by atoms with Gasteiger partial charge in [0.05, 0.1) is 6.04 Å². The van der Waals surface area contributed by atoms with Gasteiger partial charge in [-0.25, -0.2) is 4.39 Å². The highest BCUT2D eigenvalue weighted by atomic mass is 19.1. The highest BCUT2D eigenvalue weighted by Gasteiger charge is 2.25. The van der Waals surface area contributed by atoms with Crippen molar-refractivity contribution in [3.63, 3.8) is 0 Å². The standard InChI is InChI=1S/C25H31FN2O/c26-23-10-5-8-21(17-23)22-9-6-14-27(18-22)16-13-20-7-1-2-12-25(20)28-15-4-3-11-24(28)19-29/h1-2,5,7-8,10,12,17,19,22,24H,3-4,6,9,11,13-16,18H2. The lowest BCUT2D eigenvalue weighted by Gasteiger charge is -2.36. The molecule has 0 saturated carbocycles. The van der Waals surface area contributed by atoms with Crippen molar-refractivity contribution >= 4 is 12.0 Å². The van der Waals surface area contributed by atoms with E-state index in [9.17, 15) is 9.18 Å². The van der Waals surface area contributed by atoms with E-state index in [2.05, 4.69) is 40.1 Å². The van der Waals surface area contributed by atoms with E-state index in [1.807, 2.05) is 6.07 Å². The summed E-state index contributed by atoms with van der Waals surface area (Å²) in [6.07, 6.45) is 7.63. The number of anilines is 1. The minimum atomic E-state index is -0.139. The summed E-state index contributed by atoms with van der Waals surface area (Å²) < 4.78 is 13.6. The number of piperidine rings is 2. The van der Waals surface area contributed by atoms with Crippen LogP contribution in [-0.4, -0.2) is 43.4 Å². The van der Waals surface area contributed by atoms with Crippen molar-refractivity contribution in [3.8, 4) is 0 Å². The number of carbonyl (C=O) groups is 1. The first-order valence-corrected chi connectivity index (χ1v) is 11.0. The zero-order valence-corrected chi connectivity index (χ0v) is 17.1. The number of hydrogen-bond acceptors (Lipinski definition) is 3. The predicted molar refractivity (Wildman–Crippen MR) is 116 cm³/mol. The Hall–Kier alpha value is -2.20. The maximum Gasteiger partial charge on any atom is 0.142 e. The molecule has 2 aliphatic rings. The fourth-order valence-corrected chi connectivity index (χ4v) is 4.97. The van der Waals surface area contributed by atoms with Gasteiger partial charge in [-0.05, 0) is 80.3 Å². The van der Waals surface area contributed by atoms with Crippen LogP contribution in [0.25, 0.3) is 0 Å². The highest BCUT2D eigenvalue weighted by molar-refractivity contribution is 5.68. The van der Waals surface area contributed by atoms with Gasteiger partial charge < -0.3 is 14.6 Å². The number of hydrogen-bond donors (Lipinski definition) is 0. The Morgan fingerprint density at radius 2 is 1.90 bits per heavy atom. The van der Waals surface area contributed by atoms with Gasteiger partial charge in [0.2, 0.25) is 0 Å². The molecule has 2 atom stereocenters. The number of halogens is 1. The monoisotopic (exact) mass is 394 g/mol. The number of likely N-dealkylation sites (tertiary alicyclic amines) is 1. The van der Waals surface area contributed by atoms with Crippen LogP contribution >= 0.6 is 0 Å². The van der Waals surface area contributed by atoms with Crippen LogP contribution in [0, 0.1) is 5.82 Å². The third kappa shape index (κ3) is 4.87. The van der Waals surface area contributed by atoms with Gasteiger partial charge in [0.25, 0.3) is 0 Å². The molecule has 3 nitrogen and oxygen atoms in total. The number of nitrogens with zero attached hydrogens (tertiary/aromatic N) is 2. The van der Waals surface area contributed by atoms with Crippen molar-refractivity contribution < 1.29 is 9.18 Å². The van der Waals surface area contributed by atoms with E-state index < -0.39 is 0 Å². The molecule has 29 heavy (non-hydrogen) atoms. The average Bonchev–Trinajstić information content (AvgIpc) is 2.78. The molecule has 0 spiro atoms. The molecule has 0 aromatic heterocycles. The molecule has 2 heterocycles. The zero-order valence-electron chi connectivity index (χ0n) is 17.1. The summed E-state index contributed by atoms with van der Waals surface area (Å²) in [7, 11) is 0. The summed E-state index contributed by atoms with van der Waals surface area (Å²) in [5.41, 5.74) is 3.68. The summed E-state index contributed by atoms with van der Waals surface area (Å²) in [6, 6.07) is 15.7. The maximum atomic E-state index is 13.6. The molecule has 0 amide bonds. The molecule has 2 aromatic rings. The topological polar surface area (TPSA) is 23.6 Å². The molecule has 154 valence electrons. The van der Waals surface area contributed by atoms with Gasteiger partial charge in [-0.1, -0.05) is 30.3 Å². The van der Waals surface area contributed by atoms with Crippen molar-refractivity contribution in [3.05, 3.63) is 65.5 Å². The van der Waals surface area contributed by atoms with Crippen LogP contribution in [-0.2, 0) is 11.2 Å². The fraction of sp³-hybridized carbons (Fsp3) is 0.480. The second kappa shape index (κ2) is 9.53. The van der Waals surface area contributed by atoms with Crippen LogP contribution in [0.5, 0.6) is 0 Å². The van der Waals surface area contributed by atoms with Crippen LogP contribution in [0.1, 0.15) is 49.1 Å². The molecule has 0 aliphatic carbocycles. The largest absolute Gasteiger partial charge is 0.362 e. The Balaban J connectivity index is 1.42. The van der Waals surface area contributed by atoms with Gasteiger partial charge in [-0.3, -0.25) is 0 Å². The molecule has 0 N–H and O–H groups in total. The van der Waals surface area contributed by atoms with Gasteiger partial charge in [0, 0.05) is 25.3 Å². The van der Waals surface area contributed by atoms with E-state index in [1.165, 1.54) is 17.3 Å². The van der Waals surface area contributed by atoms with Crippen molar-refractivity contribution in [2.24, 2.45) is 0 Å². The van der Waals surface area contributed by atoms with E-state index in [4.69, 9.17) is 0 Å². The summed E-state index contributed by atoms with van der Waals surface area (Å²) in [5.74, 6) is 0.274. The maximum absolute atomic E-state index is 13.6. The smallest absolute Gasteiger partial charge is 0.142 e. The molecule has 4 rings (SSSR count). The lowest BCUT2D eigenvalue weighted by molar-refractivity contribution is -0.109. The van der Waals surface area contributed by atoms with Gasteiger partial charge in [-0.2, -0.15) is 0 Å². The summed E-state index contributed by atoms with van der Waals surface area (Å²) in [4.78, 5) is 16.4. The van der Waals surface area contributed by atoms with Crippen LogP contribution in [0.4, 0.5) is 10.1 Å². The number of aldehydes is 1. The van der Waals surface area contributed by atoms with E-state index in [0.717, 1.165) is 76.6 Å². The Bertz CT molecular complexity index is 824. The average molecular weight is 395 g/mol. The molecular weight excluding hydrogens is 363 g/mol. The van der Waals surface area contributed by atoms with Gasteiger partial charge in [0.1, 0.15) is 12.1 Å². The van der Waals surface area contributed by atoms with Crippen LogP contribution < -0.4 is 4.90 Å². The van der Waals surface area contributed by atoms with Crippen LogP contribution in [0.2, 0.25) is 0 Å². The fourth-order valence-electron chi connectivity index (χ4n) is 4.97. The first-order valence-electron chi connectivity index (χ1n) is 11.0. The van der Waals surface area contributed by atoms with Gasteiger partial charge in [-0.15, -0.1) is 0 Å². The van der Waals surface area contributed by atoms with Crippen molar-refractivity contribution in [2.75, 3.05) is 31.1 Å². The molecule has 2 unspecified atom stereocenters. The number of rotatable bonds is 6. The minimum Gasteiger partial charge on any atom is -0.362 e. The van der Waals surface area contributed by atoms with E-state index >= 15 is 0 Å². The molecule has 0 bridgehead atoms. The van der Waals surface area contributed by atoms with Crippen LogP contribution in [0.3, 0.4) is 0 Å². The van der Waals surface area contributed by atoms with Gasteiger partial charge in [0.15, 0.2) is 0 Å². The third-order valence-corrected chi connectivity index (χ3v) is 6.53. The van der Waals surface area contributed by atoms with Gasteiger partial charge >= 0.3 is 0 Å². The molecule has 2 aliphatic heterocycles. The lowest BCUT2D eigenvalue weighted by atomic mass is 9.90. The minimum absolute atomic E-state index is 0.0113. The third-order valence-electron chi connectivity index (χ3n) is 6.53. The van der Waals surface area contributed by atoms with Crippen molar-refractivity contribution in [1.82, 2.24) is 4.90 Å². The quantitative estimate of drug-likeness (QED) is 0.657. The Morgan fingerprint density at radius 3 is 2.76 bits per heavy atom. The van der Waals surface area contributed by atoms with Crippen LogP contribution in [0.15, 0.2) is 48.5 Å².